The Morgan fingerprint density at radius 3 is 2.76 bits per heavy atom. The van der Waals surface area contributed by atoms with Gasteiger partial charge in [0.25, 0.3) is 0 Å². The molecule has 90 valence electrons. The summed E-state index contributed by atoms with van der Waals surface area (Å²) in [5.74, 6) is 0. The van der Waals surface area contributed by atoms with Crippen molar-refractivity contribution >= 4 is 17.3 Å². The van der Waals surface area contributed by atoms with Gasteiger partial charge in [-0.3, -0.25) is 0 Å². The van der Waals surface area contributed by atoms with Crippen LogP contribution in [0.5, 0.6) is 0 Å². The molecule has 1 aliphatic rings. The lowest BCUT2D eigenvalue weighted by Crippen LogP contribution is -2.45. The monoisotopic (exact) mass is 249 g/mol. The van der Waals surface area contributed by atoms with Gasteiger partial charge >= 0.3 is 0 Å². The van der Waals surface area contributed by atoms with Crippen molar-refractivity contribution in [2.24, 2.45) is 0 Å². The average Bonchev–Trinajstić information content (AvgIpc) is 2.32. The van der Waals surface area contributed by atoms with Crippen molar-refractivity contribution in [1.29, 1.82) is 5.26 Å². The van der Waals surface area contributed by atoms with Crippen molar-refractivity contribution in [3.8, 4) is 6.07 Å². The number of nitriles is 1. The van der Waals surface area contributed by atoms with Crippen molar-refractivity contribution in [2.75, 3.05) is 18.4 Å². The molecule has 1 aromatic rings. The molecule has 0 aliphatic carbocycles. The molecular weight excluding hydrogens is 234 g/mol. The number of rotatable bonds is 2. The fraction of sp³-hybridized carbons (Fsp3) is 0.462. The van der Waals surface area contributed by atoms with Crippen LogP contribution in [-0.2, 0) is 0 Å². The molecule has 0 unspecified atom stereocenters. The number of anilines is 1. The first-order chi connectivity index (χ1) is 8.13. The number of nitrogens with zero attached hydrogens (tertiary/aromatic N) is 1. The first kappa shape index (κ1) is 12.2. The van der Waals surface area contributed by atoms with Crippen LogP contribution in [0.1, 0.15) is 25.3 Å². The highest BCUT2D eigenvalue weighted by Gasteiger charge is 2.26. The lowest BCUT2D eigenvalue weighted by molar-refractivity contribution is 0.365. The maximum atomic E-state index is 9.10. The molecular formula is C13H16ClN3. The van der Waals surface area contributed by atoms with E-state index in [2.05, 4.69) is 23.6 Å². The van der Waals surface area contributed by atoms with E-state index in [-0.39, 0.29) is 5.54 Å². The summed E-state index contributed by atoms with van der Waals surface area (Å²) in [6.07, 6.45) is 2.11. The predicted octanol–water partition coefficient (Wildman–Crippen LogP) is 2.77. The van der Waals surface area contributed by atoms with Gasteiger partial charge in [0.15, 0.2) is 0 Å². The average molecular weight is 250 g/mol. The molecule has 2 N–H and O–H groups in total. The first-order valence-corrected chi connectivity index (χ1v) is 6.19. The number of nitrogens with one attached hydrogen (secondary N) is 2. The second-order valence-corrected chi connectivity index (χ2v) is 5.17. The van der Waals surface area contributed by atoms with Crippen molar-refractivity contribution in [2.45, 2.75) is 25.3 Å². The summed E-state index contributed by atoms with van der Waals surface area (Å²) >= 11 is 5.88. The third-order valence-corrected chi connectivity index (χ3v) is 3.48. The SMILES string of the molecule is CC1(Nc2ccc(Cl)cc2C#N)CCNCC1. The van der Waals surface area contributed by atoms with E-state index in [1.54, 1.807) is 6.07 Å². The molecule has 1 heterocycles. The van der Waals surface area contributed by atoms with Gasteiger partial charge in [-0.2, -0.15) is 5.26 Å². The molecule has 1 fully saturated rings. The molecule has 0 amide bonds. The smallest absolute Gasteiger partial charge is 0.101 e. The first-order valence-electron chi connectivity index (χ1n) is 5.81. The molecule has 1 aliphatic heterocycles. The highest BCUT2D eigenvalue weighted by molar-refractivity contribution is 6.30. The zero-order valence-corrected chi connectivity index (χ0v) is 10.6. The summed E-state index contributed by atoms with van der Waals surface area (Å²) in [6, 6.07) is 7.58. The lowest BCUT2D eigenvalue weighted by atomic mass is 9.90. The molecule has 0 radical (unpaired) electrons. The molecule has 0 bridgehead atoms. The van der Waals surface area contributed by atoms with Gasteiger partial charge in [0.05, 0.1) is 11.3 Å². The van der Waals surface area contributed by atoms with Crippen LogP contribution in [0, 0.1) is 11.3 Å². The van der Waals surface area contributed by atoms with E-state index in [4.69, 9.17) is 16.9 Å². The Morgan fingerprint density at radius 2 is 2.12 bits per heavy atom. The lowest BCUT2D eigenvalue weighted by Gasteiger charge is -2.36. The zero-order chi connectivity index (χ0) is 12.3. The normalized spacial score (nSPS) is 18.4. The quantitative estimate of drug-likeness (QED) is 0.847. The van der Waals surface area contributed by atoms with Crippen LogP contribution >= 0.6 is 11.6 Å². The largest absolute Gasteiger partial charge is 0.379 e. The number of piperidine rings is 1. The van der Waals surface area contributed by atoms with Crippen LogP contribution in [0.25, 0.3) is 0 Å². The molecule has 4 heteroatoms. The molecule has 0 aromatic heterocycles. The van der Waals surface area contributed by atoms with E-state index in [0.29, 0.717) is 10.6 Å². The van der Waals surface area contributed by atoms with E-state index in [0.717, 1.165) is 31.6 Å². The fourth-order valence-corrected chi connectivity index (χ4v) is 2.32. The number of benzene rings is 1. The van der Waals surface area contributed by atoms with Gasteiger partial charge in [-0.25, -0.2) is 0 Å². The number of hydrogen-bond donors (Lipinski definition) is 2. The van der Waals surface area contributed by atoms with Crippen LogP contribution in [-0.4, -0.2) is 18.6 Å². The third kappa shape index (κ3) is 2.91. The minimum absolute atomic E-state index is 0.0602. The molecule has 17 heavy (non-hydrogen) atoms. The highest BCUT2D eigenvalue weighted by Crippen LogP contribution is 2.27. The van der Waals surface area contributed by atoms with E-state index >= 15 is 0 Å². The van der Waals surface area contributed by atoms with Crippen molar-refractivity contribution in [1.82, 2.24) is 5.32 Å². The zero-order valence-electron chi connectivity index (χ0n) is 9.89. The van der Waals surface area contributed by atoms with Crippen molar-refractivity contribution in [3.63, 3.8) is 0 Å². The summed E-state index contributed by atoms with van der Waals surface area (Å²) in [7, 11) is 0. The van der Waals surface area contributed by atoms with Crippen molar-refractivity contribution < 1.29 is 0 Å². The number of halogens is 1. The van der Waals surface area contributed by atoms with Gasteiger partial charge < -0.3 is 10.6 Å². The van der Waals surface area contributed by atoms with Crippen LogP contribution in [0.4, 0.5) is 5.69 Å². The molecule has 0 atom stereocenters. The Labute approximate surface area is 107 Å². The molecule has 0 saturated carbocycles. The van der Waals surface area contributed by atoms with Gasteiger partial charge in [0.1, 0.15) is 6.07 Å². The van der Waals surface area contributed by atoms with Gasteiger partial charge in [-0.05, 0) is 51.1 Å². The van der Waals surface area contributed by atoms with Gasteiger partial charge in [-0.1, -0.05) is 11.6 Å². The van der Waals surface area contributed by atoms with Gasteiger partial charge in [0.2, 0.25) is 0 Å². The van der Waals surface area contributed by atoms with E-state index in [9.17, 15) is 0 Å². The summed E-state index contributed by atoms with van der Waals surface area (Å²) in [4.78, 5) is 0. The highest BCUT2D eigenvalue weighted by atomic mass is 35.5. The minimum Gasteiger partial charge on any atom is -0.379 e. The summed E-state index contributed by atoms with van der Waals surface area (Å²) in [6.45, 7) is 4.22. The molecule has 1 aromatic carbocycles. The van der Waals surface area contributed by atoms with Crippen LogP contribution in [0.15, 0.2) is 18.2 Å². The fourth-order valence-electron chi connectivity index (χ4n) is 2.15. The second kappa shape index (κ2) is 4.95. The summed E-state index contributed by atoms with van der Waals surface area (Å²) in [5.41, 5.74) is 1.54. The van der Waals surface area contributed by atoms with Crippen LogP contribution in [0.2, 0.25) is 5.02 Å². The van der Waals surface area contributed by atoms with E-state index < -0.39 is 0 Å². The topological polar surface area (TPSA) is 47.9 Å². The Hall–Kier alpha value is -1.24. The molecule has 3 nitrogen and oxygen atoms in total. The van der Waals surface area contributed by atoms with Gasteiger partial charge in [0, 0.05) is 10.6 Å². The standard InChI is InChI=1S/C13H16ClN3/c1-13(4-6-16-7-5-13)17-12-3-2-11(14)8-10(12)9-15/h2-3,8,16-17H,4-7H2,1H3. The Bertz CT molecular complexity index is 444. The Morgan fingerprint density at radius 1 is 1.41 bits per heavy atom. The molecule has 2 rings (SSSR count). The second-order valence-electron chi connectivity index (χ2n) is 4.74. The van der Waals surface area contributed by atoms with Gasteiger partial charge in [-0.15, -0.1) is 0 Å². The maximum absolute atomic E-state index is 9.10. The minimum atomic E-state index is 0.0602. The summed E-state index contributed by atoms with van der Waals surface area (Å²) in [5, 5.41) is 16.5. The van der Waals surface area contributed by atoms with E-state index in [1.165, 1.54) is 0 Å². The van der Waals surface area contributed by atoms with Crippen LogP contribution < -0.4 is 10.6 Å². The van der Waals surface area contributed by atoms with Crippen LogP contribution in [0.3, 0.4) is 0 Å². The third-order valence-electron chi connectivity index (χ3n) is 3.25. The summed E-state index contributed by atoms with van der Waals surface area (Å²) < 4.78 is 0. The van der Waals surface area contributed by atoms with Crippen molar-refractivity contribution in [3.05, 3.63) is 28.8 Å². The maximum Gasteiger partial charge on any atom is 0.101 e. The Kier molecular flexibility index (Phi) is 3.56. The molecule has 0 spiro atoms. The van der Waals surface area contributed by atoms with E-state index in [1.807, 2.05) is 12.1 Å². The number of hydrogen-bond acceptors (Lipinski definition) is 3. The molecule has 1 saturated heterocycles. The predicted molar refractivity (Wildman–Crippen MR) is 70.3 cm³/mol. The Balaban J connectivity index is 2.20.